The molecule has 0 bridgehead atoms. The fourth-order valence-electron chi connectivity index (χ4n) is 3.91. The molecule has 0 unspecified atom stereocenters. The zero-order chi connectivity index (χ0) is 26.5. The molecule has 0 saturated carbocycles. The van der Waals surface area contributed by atoms with E-state index in [1.165, 1.54) is 16.3 Å². The highest BCUT2D eigenvalue weighted by Crippen LogP contribution is 2.37. The molecule has 0 aliphatic heterocycles. The maximum Gasteiger partial charge on any atom is 0.248 e. The summed E-state index contributed by atoms with van der Waals surface area (Å²) in [6.07, 6.45) is 3.23. The number of nitrogens with zero attached hydrogens (tertiary/aromatic N) is 1. The van der Waals surface area contributed by atoms with Gasteiger partial charge in [-0.05, 0) is 94.2 Å². The van der Waals surface area contributed by atoms with Crippen LogP contribution in [-0.4, -0.2) is 18.0 Å². The number of fused-ring (bicyclic) bond motifs is 1. The minimum Gasteiger partial charge on any atom is -0.493 e. The fraction of sp³-hybridized carbons (Fsp3) is 0.0968. The van der Waals surface area contributed by atoms with Crippen LogP contribution in [0.15, 0.2) is 95.5 Å². The zero-order valence-electron chi connectivity index (χ0n) is 20.9. The topological polar surface area (TPSA) is 60.5 Å². The van der Waals surface area contributed by atoms with E-state index in [-0.39, 0.29) is 5.91 Å². The first kappa shape index (κ1) is 25.7. The van der Waals surface area contributed by atoms with Crippen molar-refractivity contribution >= 4 is 55.2 Å². The molecular formula is C31H25BrN2O3S. The maximum atomic E-state index is 12.6. The number of halogens is 1. The summed E-state index contributed by atoms with van der Waals surface area (Å²) in [5, 5.41) is 3.87. The monoisotopic (exact) mass is 584 g/mol. The molecule has 5 nitrogen and oxygen atoms in total. The number of benzene rings is 4. The van der Waals surface area contributed by atoms with E-state index in [1.54, 1.807) is 24.5 Å². The summed E-state index contributed by atoms with van der Waals surface area (Å²) in [6.45, 7) is 2.50. The van der Waals surface area contributed by atoms with Gasteiger partial charge in [0.25, 0.3) is 0 Å². The van der Waals surface area contributed by atoms with E-state index < -0.39 is 0 Å². The Kier molecular flexibility index (Phi) is 7.86. The van der Waals surface area contributed by atoms with Crippen LogP contribution >= 0.6 is 27.3 Å². The van der Waals surface area contributed by atoms with Gasteiger partial charge in [-0.1, -0.05) is 36.4 Å². The van der Waals surface area contributed by atoms with Gasteiger partial charge in [-0.25, -0.2) is 4.98 Å². The van der Waals surface area contributed by atoms with E-state index in [9.17, 15) is 4.79 Å². The van der Waals surface area contributed by atoms with Gasteiger partial charge in [0.15, 0.2) is 11.5 Å². The highest BCUT2D eigenvalue weighted by molar-refractivity contribution is 9.10. The molecule has 5 rings (SSSR count). The smallest absolute Gasteiger partial charge is 0.248 e. The van der Waals surface area contributed by atoms with Crippen LogP contribution in [0.1, 0.15) is 16.7 Å². The summed E-state index contributed by atoms with van der Waals surface area (Å²) in [6, 6.07) is 27.6. The van der Waals surface area contributed by atoms with Gasteiger partial charge in [-0.15, -0.1) is 11.3 Å². The Morgan fingerprint density at radius 3 is 2.58 bits per heavy atom. The lowest BCUT2D eigenvalue weighted by atomic mass is 10.1. The third kappa shape index (κ3) is 6.13. The van der Waals surface area contributed by atoms with E-state index in [4.69, 9.17) is 14.5 Å². The van der Waals surface area contributed by atoms with Gasteiger partial charge in [-0.2, -0.15) is 0 Å². The molecule has 0 radical (unpaired) electrons. The lowest BCUT2D eigenvalue weighted by Gasteiger charge is -2.13. The van der Waals surface area contributed by atoms with E-state index in [2.05, 4.69) is 40.3 Å². The summed E-state index contributed by atoms with van der Waals surface area (Å²) in [5.74, 6) is 0.963. The van der Waals surface area contributed by atoms with Crippen molar-refractivity contribution in [2.24, 2.45) is 0 Å². The van der Waals surface area contributed by atoms with Gasteiger partial charge in [0, 0.05) is 17.3 Å². The van der Waals surface area contributed by atoms with Crippen molar-refractivity contribution in [3.8, 4) is 22.1 Å². The molecule has 0 atom stereocenters. The van der Waals surface area contributed by atoms with Gasteiger partial charge in [0.2, 0.25) is 5.91 Å². The number of aryl methyl sites for hydroxylation is 1. The van der Waals surface area contributed by atoms with E-state index in [0.29, 0.717) is 23.8 Å². The Hall–Kier alpha value is -3.94. The average molecular weight is 586 g/mol. The number of nitrogens with one attached hydrogen (secondary N) is 1. The van der Waals surface area contributed by atoms with Crippen LogP contribution in [-0.2, 0) is 11.4 Å². The summed E-state index contributed by atoms with van der Waals surface area (Å²) in [4.78, 5) is 17.3. The van der Waals surface area contributed by atoms with Crippen molar-refractivity contribution in [3.05, 3.63) is 112 Å². The molecule has 1 aromatic heterocycles. The predicted molar refractivity (Wildman–Crippen MR) is 159 cm³/mol. The molecule has 7 heteroatoms. The second-order valence-electron chi connectivity index (χ2n) is 8.70. The van der Waals surface area contributed by atoms with Crippen molar-refractivity contribution in [3.63, 3.8) is 0 Å². The van der Waals surface area contributed by atoms with Crippen LogP contribution in [0.25, 0.3) is 26.9 Å². The predicted octanol–water partition coefficient (Wildman–Crippen LogP) is 8.27. The highest BCUT2D eigenvalue weighted by Gasteiger charge is 2.12. The van der Waals surface area contributed by atoms with Gasteiger partial charge in [0.1, 0.15) is 11.6 Å². The number of amides is 1. The van der Waals surface area contributed by atoms with Crippen LogP contribution in [0.3, 0.4) is 0 Å². The Morgan fingerprint density at radius 1 is 1.03 bits per heavy atom. The second kappa shape index (κ2) is 11.6. The number of ether oxygens (including phenoxy) is 2. The molecule has 1 heterocycles. The SMILES string of the molecule is COc1cc(/C=C/C(=O)Nc2ccc(-c3nc4ccc(C)cc4s3)cc2)cc(Br)c1OCc1ccccc1. The molecule has 0 aliphatic carbocycles. The number of hydrogen-bond donors (Lipinski definition) is 1. The number of thiazole rings is 1. The summed E-state index contributed by atoms with van der Waals surface area (Å²) in [5.41, 5.74) is 5.81. The number of aromatic nitrogens is 1. The second-order valence-corrected chi connectivity index (χ2v) is 10.6. The lowest BCUT2D eigenvalue weighted by molar-refractivity contribution is -0.111. The van der Waals surface area contributed by atoms with Crippen LogP contribution < -0.4 is 14.8 Å². The van der Waals surface area contributed by atoms with Crippen molar-refractivity contribution in [1.82, 2.24) is 4.98 Å². The summed E-state index contributed by atoms with van der Waals surface area (Å²) in [7, 11) is 1.59. The highest BCUT2D eigenvalue weighted by atomic mass is 79.9. The molecular weight excluding hydrogens is 560 g/mol. The minimum atomic E-state index is -0.229. The van der Waals surface area contributed by atoms with E-state index in [1.807, 2.05) is 72.8 Å². The van der Waals surface area contributed by atoms with Crippen LogP contribution in [0.5, 0.6) is 11.5 Å². The van der Waals surface area contributed by atoms with E-state index >= 15 is 0 Å². The van der Waals surface area contributed by atoms with Crippen molar-refractivity contribution < 1.29 is 14.3 Å². The Balaban J connectivity index is 1.23. The number of anilines is 1. The molecule has 5 aromatic rings. The van der Waals surface area contributed by atoms with Crippen LogP contribution in [0, 0.1) is 6.92 Å². The molecule has 1 amide bonds. The van der Waals surface area contributed by atoms with Gasteiger partial charge in [-0.3, -0.25) is 4.79 Å². The molecule has 0 fully saturated rings. The Labute approximate surface area is 233 Å². The zero-order valence-corrected chi connectivity index (χ0v) is 23.3. The quantitative estimate of drug-likeness (QED) is 0.186. The first-order valence-electron chi connectivity index (χ1n) is 12.0. The lowest BCUT2D eigenvalue weighted by Crippen LogP contribution is -2.07. The molecule has 0 spiro atoms. The number of methoxy groups -OCH3 is 1. The van der Waals surface area contributed by atoms with Gasteiger partial charge < -0.3 is 14.8 Å². The molecule has 0 aliphatic rings. The number of rotatable bonds is 8. The average Bonchev–Trinajstić information content (AvgIpc) is 3.35. The van der Waals surface area contributed by atoms with Crippen molar-refractivity contribution in [2.75, 3.05) is 12.4 Å². The third-order valence-corrected chi connectivity index (χ3v) is 7.50. The number of hydrogen-bond acceptors (Lipinski definition) is 5. The first-order chi connectivity index (χ1) is 18.5. The molecule has 1 N–H and O–H groups in total. The summed E-state index contributed by atoms with van der Waals surface area (Å²) < 4.78 is 13.4. The van der Waals surface area contributed by atoms with Crippen molar-refractivity contribution in [1.29, 1.82) is 0 Å². The molecule has 38 heavy (non-hydrogen) atoms. The van der Waals surface area contributed by atoms with Crippen molar-refractivity contribution in [2.45, 2.75) is 13.5 Å². The molecule has 190 valence electrons. The fourth-order valence-corrected chi connectivity index (χ4v) is 5.56. The summed E-state index contributed by atoms with van der Waals surface area (Å²) >= 11 is 5.23. The molecule has 0 saturated heterocycles. The molecule has 4 aromatic carbocycles. The number of carbonyl (C=O) groups is 1. The Morgan fingerprint density at radius 2 is 1.82 bits per heavy atom. The number of carbonyl (C=O) groups excluding carboxylic acids is 1. The normalized spacial score (nSPS) is 11.1. The minimum absolute atomic E-state index is 0.229. The maximum absolute atomic E-state index is 12.6. The largest absolute Gasteiger partial charge is 0.493 e. The standard InChI is InChI=1S/C31H25BrN2O3S/c1-20-8-14-26-28(16-20)38-31(34-26)23-10-12-24(13-11-23)33-29(35)15-9-22-17-25(32)30(27(18-22)36-2)37-19-21-6-4-3-5-7-21/h3-18H,19H2,1-2H3,(H,33,35)/b15-9+. The van der Waals surface area contributed by atoms with Gasteiger partial charge in [0.05, 0.1) is 21.8 Å². The third-order valence-electron chi connectivity index (χ3n) is 5.85. The van der Waals surface area contributed by atoms with E-state index in [0.717, 1.165) is 31.7 Å². The first-order valence-corrected chi connectivity index (χ1v) is 13.6. The van der Waals surface area contributed by atoms with Gasteiger partial charge >= 0.3 is 0 Å². The Bertz CT molecular complexity index is 1610. The van der Waals surface area contributed by atoms with Crippen LogP contribution in [0.2, 0.25) is 0 Å². The van der Waals surface area contributed by atoms with Crippen LogP contribution in [0.4, 0.5) is 5.69 Å².